The molecule has 1 fully saturated rings. The van der Waals surface area contributed by atoms with E-state index in [0.29, 0.717) is 25.1 Å². The fourth-order valence-electron chi connectivity index (χ4n) is 4.21. The Labute approximate surface area is 184 Å². The molecule has 3 heterocycles. The zero-order valence-electron chi connectivity index (χ0n) is 18.4. The number of nitrogens with two attached hydrogens (primary N) is 1. The van der Waals surface area contributed by atoms with Gasteiger partial charge in [0, 0.05) is 31.5 Å². The van der Waals surface area contributed by atoms with Crippen LogP contribution in [0.25, 0.3) is 11.0 Å². The summed E-state index contributed by atoms with van der Waals surface area (Å²) < 4.78 is 13.8. The van der Waals surface area contributed by atoms with Crippen molar-refractivity contribution in [2.75, 3.05) is 32.0 Å². The van der Waals surface area contributed by atoms with Crippen LogP contribution in [0.4, 0.5) is 5.82 Å². The average molecular weight is 424 g/mol. The molecule has 0 bridgehead atoms. The fraction of sp³-hybridized carbons (Fsp3) is 0.500. The summed E-state index contributed by atoms with van der Waals surface area (Å²) in [5.41, 5.74) is 10.3. The van der Waals surface area contributed by atoms with Gasteiger partial charge in [-0.1, -0.05) is 43.7 Å². The summed E-state index contributed by atoms with van der Waals surface area (Å²) in [6.07, 6.45) is 7.17. The van der Waals surface area contributed by atoms with Crippen LogP contribution in [-0.2, 0) is 29.4 Å². The molecular formula is C24H33N5O2. The molecule has 0 amide bonds. The van der Waals surface area contributed by atoms with Crippen molar-refractivity contribution in [2.45, 2.75) is 46.1 Å². The molecule has 0 spiro atoms. The van der Waals surface area contributed by atoms with Crippen molar-refractivity contribution in [2.24, 2.45) is 5.92 Å². The number of unbranched alkanes of at least 4 members (excludes halogenated alkanes) is 1. The van der Waals surface area contributed by atoms with Crippen LogP contribution in [0.3, 0.4) is 0 Å². The maximum atomic E-state index is 6.21. The first kappa shape index (κ1) is 21.7. The minimum atomic E-state index is 0.414. The molecule has 1 saturated heterocycles. The topological polar surface area (TPSA) is 78.4 Å². The molecule has 7 heteroatoms. The number of hydrogen-bond donors (Lipinski definition) is 1. The molecule has 0 radical (unpaired) electrons. The number of nitrogen functional groups attached to an aromatic ring is 1. The van der Waals surface area contributed by atoms with Crippen LogP contribution in [0.1, 0.15) is 37.3 Å². The Bertz CT molecular complexity index is 959. The molecule has 2 N–H and O–H groups in total. The molecule has 0 unspecified atom stereocenters. The largest absolute Gasteiger partial charge is 0.382 e. The molecule has 31 heavy (non-hydrogen) atoms. The van der Waals surface area contributed by atoms with Crippen molar-refractivity contribution in [1.82, 2.24) is 19.4 Å². The van der Waals surface area contributed by atoms with Gasteiger partial charge in [0.1, 0.15) is 18.6 Å². The van der Waals surface area contributed by atoms with E-state index >= 15 is 0 Å². The molecule has 166 valence electrons. The van der Waals surface area contributed by atoms with Crippen molar-refractivity contribution in [3.8, 4) is 0 Å². The standard InChI is InChI=1S/C24H33N5O2/c1-2-3-11-30-16-20-9-10-28(12-20)13-21-14-29(23-22(21)26-17-27-24(23)25)18-31-15-19-7-5-4-6-8-19/h4-8,14,17,20H,2-3,9-13,15-16,18H2,1H3,(H2,25,26,27)/t20-/m1/s1. The summed E-state index contributed by atoms with van der Waals surface area (Å²) in [4.78, 5) is 11.2. The van der Waals surface area contributed by atoms with Crippen LogP contribution in [0.5, 0.6) is 0 Å². The van der Waals surface area contributed by atoms with E-state index in [2.05, 4.69) is 40.1 Å². The fourth-order valence-corrected chi connectivity index (χ4v) is 4.21. The monoisotopic (exact) mass is 423 g/mol. The normalized spacial score (nSPS) is 17.0. The van der Waals surface area contributed by atoms with Gasteiger partial charge in [-0.15, -0.1) is 0 Å². The Kier molecular flexibility index (Phi) is 7.51. The Morgan fingerprint density at radius 1 is 1.16 bits per heavy atom. The molecular weight excluding hydrogens is 390 g/mol. The van der Waals surface area contributed by atoms with Gasteiger partial charge in [0.2, 0.25) is 0 Å². The Hall–Kier alpha value is -2.48. The highest BCUT2D eigenvalue weighted by atomic mass is 16.5. The first-order valence-corrected chi connectivity index (χ1v) is 11.2. The van der Waals surface area contributed by atoms with Crippen LogP contribution >= 0.6 is 0 Å². The zero-order chi connectivity index (χ0) is 21.5. The van der Waals surface area contributed by atoms with Gasteiger partial charge in [0.05, 0.1) is 18.7 Å². The third kappa shape index (κ3) is 5.61. The zero-order valence-corrected chi connectivity index (χ0v) is 18.4. The number of aromatic nitrogens is 3. The first-order chi connectivity index (χ1) is 15.2. The van der Waals surface area contributed by atoms with Crippen LogP contribution < -0.4 is 5.73 Å². The van der Waals surface area contributed by atoms with Crippen molar-refractivity contribution in [3.63, 3.8) is 0 Å². The van der Waals surface area contributed by atoms with Crippen LogP contribution in [0.15, 0.2) is 42.9 Å². The second-order valence-electron chi connectivity index (χ2n) is 8.36. The number of nitrogens with zero attached hydrogens (tertiary/aromatic N) is 4. The SMILES string of the molecule is CCCCOC[C@@H]1CCN(Cc2cn(COCc3ccccc3)c3c(N)ncnc23)C1. The number of likely N-dealkylation sites (tertiary alicyclic amines) is 1. The summed E-state index contributed by atoms with van der Waals surface area (Å²) >= 11 is 0. The Morgan fingerprint density at radius 2 is 2.03 bits per heavy atom. The number of ether oxygens (including phenoxy) is 2. The highest BCUT2D eigenvalue weighted by Crippen LogP contribution is 2.26. The minimum Gasteiger partial charge on any atom is -0.382 e. The van der Waals surface area contributed by atoms with E-state index in [9.17, 15) is 0 Å². The lowest BCUT2D eigenvalue weighted by Crippen LogP contribution is -2.21. The Balaban J connectivity index is 1.39. The lowest BCUT2D eigenvalue weighted by atomic mass is 10.1. The lowest BCUT2D eigenvalue weighted by Gasteiger charge is -2.15. The van der Waals surface area contributed by atoms with E-state index in [1.165, 1.54) is 18.4 Å². The van der Waals surface area contributed by atoms with Crippen molar-refractivity contribution < 1.29 is 9.47 Å². The van der Waals surface area contributed by atoms with Gasteiger partial charge >= 0.3 is 0 Å². The maximum absolute atomic E-state index is 6.21. The van der Waals surface area contributed by atoms with Crippen molar-refractivity contribution in [3.05, 3.63) is 54.0 Å². The van der Waals surface area contributed by atoms with E-state index in [0.717, 1.165) is 55.9 Å². The van der Waals surface area contributed by atoms with E-state index < -0.39 is 0 Å². The lowest BCUT2D eigenvalue weighted by molar-refractivity contribution is 0.0666. The van der Waals surface area contributed by atoms with E-state index in [1.54, 1.807) is 6.33 Å². The maximum Gasteiger partial charge on any atom is 0.151 e. The minimum absolute atomic E-state index is 0.414. The second-order valence-corrected chi connectivity index (χ2v) is 8.36. The third-order valence-electron chi connectivity index (χ3n) is 5.86. The first-order valence-electron chi connectivity index (χ1n) is 11.2. The van der Waals surface area contributed by atoms with Gasteiger partial charge < -0.3 is 19.8 Å². The second kappa shape index (κ2) is 10.7. The third-order valence-corrected chi connectivity index (χ3v) is 5.86. The van der Waals surface area contributed by atoms with Gasteiger partial charge in [-0.25, -0.2) is 9.97 Å². The van der Waals surface area contributed by atoms with Gasteiger partial charge in [0.25, 0.3) is 0 Å². The number of hydrogen-bond acceptors (Lipinski definition) is 6. The van der Waals surface area contributed by atoms with E-state index in [1.807, 2.05) is 22.8 Å². The summed E-state index contributed by atoms with van der Waals surface area (Å²) in [5.74, 6) is 1.10. The average Bonchev–Trinajstić information content (AvgIpc) is 3.38. The summed E-state index contributed by atoms with van der Waals surface area (Å²) in [6.45, 7) is 7.89. The number of fused-ring (bicyclic) bond motifs is 1. The molecule has 0 aliphatic carbocycles. The van der Waals surface area contributed by atoms with Gasteiger partial charge in [0.15, 0.2) is 5.82 Å². The highest BCUT2D eigenvalue weighted by Gasteiger charge is 2.24. The molecule has 3 aromatic rings. The summed E-state index contributed by atoms with van der Waals surface area (Å²) in [7, 11) is 0. The number of rotatable bonds is 11. The highest BCUT2D eigenvalue weighted by molar-refractivity contribution is 5.87. The van der Waals surface area contributed by atoms with Gasteiger partial charge in [-0.3, -0.25) is 4.90 Å². The quantitative estimate of drug-likeness (QED) is 0.472. The van der Waals surface area contributed by atoms with Gasteiger partial charge in [-0.2, -0.15) is 0 Å². The molecule has 2 aromatic heterocycles. The van der Waals surface area contributed by atoms with Crippen LogP contribution in [0, 0.1) is 5.92 Å². The molecule has 1 aliphatic heterocycles. The number of anilines is 1. The van der Waals surface area contributed by atoms with Crippen LogP contribution in [-0.4, -0.2) is 45.7 Å². The van der Waals surface area contributed by atoms with Crippen molar-refractivity contribution >= 4 is 16.9 Å². The number of benzene rings is 1. The van der Waals surface area contributed by atoms with E-state index in [4.69, 9.17) is 15.2 Å². The molecule has 1 aromatic carbocycles. The summed E-state index contributed by atoms with van der Waals surface area (Å²) in [6, 6.07) is 10.2. The molecule has 4 rings (SSSR count). The predicted molar refractivity (Wildman–Crippen MR) is 122 cm³/mol. The summed E-state index contributed by atoms with van der Waals surface area (Å²) in [5, 5.41) is 0. The molecule has 1 aliphatic rings. The van der Waals surface area contributed by atoms with E-state index in [-0.39, 0.29) is 0 Å². The van der Waals surface area contributed by atoms with Crippen LogP contribution in [0.2, 0.25) is 0 Å². The van der Waals surface area contributed by atoms with Crippen molar-refractivity contribution in [1.29, 1.82) is 0 Å². The molecule has 0 saturated carbocycles. The Morgan fingerprint density at radius 3 is 2.87 bits per heavy atom. The molecule has 1 atom stereocenters. The van der Waals surface area contributed by atoms with Gasteiger partial charge in [-0.05, 0) is 30.9 Å². The smallest absolute Gasteiger partial charge is 0.151 e. The molecule has 7 nitrogen and oxygen atoms in total. The predicted octanol–water partition coefficient (Wildman–Crippen LogP) is 3.83.